The van der Waals surface area contributed by atoms with Crippen LogP contribution in [0.2, 0.25) is 0 Å². The first kappa shape index (κ1) is 4.85. The molecule has 0 saturated carbocycles. The van der Waals surface area contributed by atoms with E-state index in [1.807, 2.05) is 17.2 Å². The quantitative estimate of drug-likeness (QED) is 0.503. The summed E-state index contributed by atoms with van der Waals surface area (Å²) >= 11 is 0. The van der Waals surface area contributed by atoms with Gasteiger partial charge in [0.1, 0.15) is 6.04 Å². The zero-order valence-electron chi connectivity index (χ0n) is 4.82. The van der Waals surface area contributed by atoms with Crippen molar-refractivity contribution in [3.05, 3.63) is 12.3 Å². The van der Waals surface area contributed by atoms with Crippen LogP contribution in [0.1, 0.15) is 6.42 Å². The number of carboxylic acids is 1. The van der Waals surface area contributed by atoms with Crippen molar-refractivity contribution in [3.8, 4) is 0 Å². The Morgan fingerprint density at radius 3 is 2.89 bits per heavy atom. The van der Waals surface area contributed by atoms with Gasteiger partial charge in [-0.2, -0.15) is 0 Å². The molecule has 2 rings (SSSR count). The van der Waals surface area contributed by atoms with E-state index in [4.69, 9.17) is 5.11 Å². The molecule has 0 aromatic rings. The summed E-state index contributed by atoms with van der Waals surface area (Å²) in [6.07, 6.45) is 4.78. The summed E-state index contributed by atoms with van der Waals surface area (Å²) in [6.45, 7) is 0. The molecule has 2 unspecified atom stereocenters. The third-order valence-electron chi connectivity index (χ3n) is 1.89. The highest BCUT2D eigenvalue weighted by atomic mass is 16.4. The van der Waals surface area contributed by atoms with Gasteiger partial charge in [0.25, 0.3) is 0 Å². The Morgan fingerprint density at radius 1 is 1.78 bits per heavy atom. The van der Waals surface area contributed by atoms with Crippen LogP contribution in [0.4, 0.5) is 0 Å². The number of carbonyl (C=O) groups is 1. The van der Waals surface area contributed by atoms with Crippen molar-refractivity contribution >= 4 is 5.97 Å². The molecule has 0 spiro atoms. The first-order valence-corrected chi connectivity index (χ1v) is 2.97. The molecule has 0 bridgehead atoms. The molecule has 0 aromatic carbocycles. The Labute approximate surface area is 52.6 Å². The SMILES string of the molecule is O=C(O)C1C2CC=CN21. The Balaban J connectivity index is 2.10. The van der Waals surface area contributed by atoms with Crippen LogP contribution in [0.5, 0.6) is 0 Å². The first-order chi connectivity index (χ1) is 4.30. The van der Waals surface area contributed by atoms with Crippen molar-refractivity contribution < 1.29 is 9.90 Å². The van der Waals surface area contributed by atoms with Crippen molar-refractivity contribution in [1.29, 1.82) is 0 Å². The third kappa shape index (κ3) is 0.487. The second-order valence-electron chi connectivity index (χ2n) is 2.42. The summed E-state index contributed by atoms with van der Waals surface area (Å²) in [5, 5.41) is 8.48. The van der Waals surface area contributed by atoms with Gasteiger partial charge in [-0.15, -0.1) is 0 Å². The topological polar surface area (TPSA) is 40.3 Å². The van der Waals surface area contributed by atoms with E-state index in [1.54, 1.807) is 0 Å². The molecular formula is C6H7NO2. The lowest BCUT2D eigenvalue weighted by molar-refractivity contribution is -0.137. The molecule has 2 aliphatic heterocycles. The molecule has 0 amide bonds. The number of carboxylic acid groups (broad SMARTS) is 1. The Bertz CT molecular complexity index is 187. The molecule has 0 radical (unpaired) electrons. The van der Waals surface area contributed by atoms with E-state index in [0.717, 1.165) is 6.42 Å². The Hall–Kier alpha value is -0.990. The van der Waals surface area contributed by atoms with Crippen molar-refractivity contribution in [3.63, 3.8) is 0 Å². The van der Waals surface area contributed by atoms with Gasteiger partial charge in [-0.25, -0.2) is 4.79 Å². The second kappa shape index (κ2) is 1.29. The maximum atomic E-state index is 10.3. The van der Waals surface area contributed by atoms with Crippen molar-refractivity contribution in [2.24, 2.45) is 0 Å². The Morgan fingerprint density at radius 2 is 2.56 bits per heavy atom. The smallest absolute Gasteiger partial charge is 0.328 e. The van der Waals surface area contributed by atoms with Crippen molar-refractivity contribution in [2.75, 3.05) is 0 Å². The zero-order valence-corrected chi connectivity index (χ0v) is 4.82. The van der Waals surface area contributed by atoms with Gasteiger partial charge in [0.15, 0.2) is 0 Å². The van der Waals surface area contributed by atoms with Gasteiger partial charge in [0.2, 0.25) is 0 Å². The van der Waals surface area contributed by atoms with E-state index in [9.17, 15) is 4.79 Å². The summed E-state index contributed by atoms with van der Waals surface area (Å²) in [6, 6.07) is 0.0949. The number of aliphatic carboxylic acids is 1. The van der Waals surface area contributed by atoms with E-state index in [2.05, 4.69) is 0 Å². The van der Waals surface area contributed by atoms with Gasteiger partial charge in [-0.3, -0.25) is 0 Å². The number of hydrogen-bond donors (Lipinski definition) is 1. The molecular weight excluding hydrogens is 118 g/mol. The van der Waals surface area contributed by atoms with Crippen LogP contribution < -0.4 is 0 Å². The van der Waals surface area contributed by atoms with E-state index >= 15 is 0 Å². The third-order valence-corrected chi connectivity index (χ3v) is 1.89. The molecule has 2 aliphatic rings. The summed E-state index contributed by atoms with van der Waals surface area (Å²) < 4.78 is 0. The minimum Gasteiger partial charge on any atom is -0.480 e. The van der Waals surface area contributed by atoms with Crippen molar-refractivity contribution in [1.82, 2.24) is 4.90 Å². The molecule has 0 aliphatic carbocycles. The van der Waals surface area contributed by atoms with E-state index in [0.29, 0.717) is 6.04 Å². The normalized spacial score (nSPS) is 36.7. The van der Waals surface area contributed by atoms with E-state index in [-0.39, 0.29) is 6.04 Å². The van der Waals surface area contributed by atoms with Crippen LogP contribution in [-0.2, 0) is 4.79 Å². The van der Waals surface area contributed by atoms with Gasteiger partial charge in [-0.1, -0.05) is 6.08 Å². The van der Waals surface area contributed by atoms with Crippen LogP contribution in [0.25, 0.3) is 0 Å². The number of nitrogens with zero attached hydrogens (tertiary/aromatic N) is 1. The lowest BCUT2D eigenvalue weighted by Gasteiger charge is -1.88. The van der Waals surface area contributed by atoms with Crippen LogP contribution in [0.15, 0.2) is 12.3 Å². The molecule has 1 saturated heterocycles. The predicted octanol–water partition coefficient (Wildman–Crippen LogP) is 0.0412. The highest BCUT2D eigenvalue weighted by molar-refractivity contribution is 5.79. The average molecular weight is 125 g/mol. The minimum absolute atomic E-state index is 0.199. The Kier molecular flexibility index (Phi) is 0.695. The molecule has 2 atom stereocenters. The molecule has 48 valence electrons. The lowest BCUT2D eigenvalue weighted by Crippen LogP contribution is -2.10. The molecule has 1 fully saturated rings. The summed E-state index contributed by atoms with van der Waals surface area (Å²) in [5.74, 6) is -0.690. The van der Waals surface area contributed by atoms with Gasteiger partial charge in [-0.05, 0) is 12.6 Å². The summed E-state index contributed by atoms with van der Waals surface area (Å²) in [4.78, 5) is 12.2. The standard InChI is InChI=1S/C6H7NO2/c8-6(9)5-4-2-1-3-7(4)5/h1,3-5H,2H2,(H,8,9). The molecule has 3 heteroatoms. The molecule has 0 aromatic heterocycles. The van der Waals surface area contributed by atoms with Crippen LogP contribution >= 0.6 is 0 Å². The fraction of sp³-hybridized carbons (Fsp3) is 0.500. The van der Waals surface area contributed by atoms with Crippen LogP contribution in [0.3, 0.4) is 0 Å². The molecule has 2 heterocycles. The summed E-state index contributed by atoms with van der Waals surface area (Å²) in [7, 11) is 0. The molecule has 9 heavy (non-hydrogen) atoms. The number of rotatable bonds is 1. The maximum Gasteiger partial charge on any atom is 0.328 e. The first-order valence-electron chi connectivity index (χ1n) is 2.97. The van der Waals surface area contributed by atoms with Gasteiger partial charge >= 0.3 is 5.97 Å². The van der Waals surface area contributed by atoms with Crippen LogP contribution in [0, 0.1) is 0 Å². The molecule has 3 nitrogen and oxygen atoms in total. The largest absolute Gasteiger partial charge is 0.480 e. The molecule has 1 N–H and O–H groups in total. The van der Waals surface area contributed by atoms with Gasteiger partial charge in [0.05, 0.1) is 6.04 Å². The van der Waals surface area contributed by atoms with E-state index in [1.165, 1.54) is 0 Å². The number of hydrogen-bond acceptors (Lipinski definition) is 2. The highest BCUT2D eigenvalue weighted by Crippen LogP contribution is 2.36. The van der Waals surface area contributed by atoms with E-state index < -0.39 is 5.97 Å². The fourth-order valence-corrected chi connectivity index (χ4v) is 1.37. The predicted molar refractivity (Wildman–Crippen MR) is 30.8 cm³/mol. The second-order valence-corrected chi connectivity index (χ2v) is 2.42. The fourth-order valence-electron chi connectivity index (χ4n) is 1.37. The van der Waals surface area contributed by atoms with Gasteiger partial charge in [0, 0.05) is 0 Å². The minimum atomic E-state index is -0.690. The average Bonchev–Trinajstić information content (AvgIpc) is 2.30. The van der Waals surface area contributed by atoms with Crippen molar-refractivity contribution in [2.45, 2.75) is 18.5 Å². The van der Waals surface area contributed by atoms with Crippen LogP contribution in [-0.4, -0.2) is 28.1 Å². The maximum absolute atomic E-state index is 10.3. The van der Waals surface area contributed by atoms with Gasteiger partial charge < -0.3 is 10.0 Å². The number of fused-ring (bicyclic) bond motifs is 1. The highest BCUT2D eigenvalue weighted by Gasteiger charge is 2.52. The summed E-state index contributed by atoms with van der Waals surface area (Å²) in [5.41, 5.74) is 0. The lowest BCUT2D eigenvalue weighted by atomic mass is 10.2. The monoisotopic (exact) mass is 125 g/mol. The zero-order chi connectivity index (χ0) is 6.43.